The van der Waals surface area contributed by atoms with Crippen LogP contribution in [0.2, 0.25) is 0 Å². The third-order valence-corrected chi connectivity index (χ3v) is 6.61. The van der Waals surface area contributed by atoms with Crippen molar-refractivity contribution in [2.45, 2.75) is 12.5 Å². The zero-order valence-corrected chi connectivity index (χ0v) is 19.5. The zero-order chi connectivity index (χ0) is 25.1. The molecule has 0 bridgehead atoms. The van der Waals surface area contributed by atoms with Gasteiger partial charge in [-0.1, -0.05) is 30.3 Å². The molecule has 5 aromatic rings. The summed E-state index contributed by atoms with van der Waals surface area (Å²) in [6, 6.07) is 19.1. The van der Waals surface area contributed by atoms with Crippen LogP contribution in [0.25, 0.3) is 22.3 Å². The lowest BCUT2D eigenvalue weighted by Crippen LogP contribution is -2.12. The molecule has 0 aliphatic rings. The fourth-order valence-corrected chi connectivity index (χ4v) is 4.77. The van der Waals surface area contributed by atoms with Crippen molar-refractivity contribution in [3.05, 3.63) is 102 Å². The maximum absolute atomic E-state index is 12.2. The fourth-order valence-electron chi connectivity index (χ4n) is 4.13. The van der Waals surface area contributed by atoms with Crippen LogP contribution in [0, 0.1) is 22.7 Å². The fraction of sp³-hybridized carbons (Fsp3) is 0.0769. The van der Waals surface area contributed by atoms with Crippen LogP contribution in [-0.2, 0) is 10.3 Å². The Labute approximate surface area is 207 Å². The number of rotatable bonds is 6. The second-order valence-electron chi connectivity index (χ2n) is 7.93. The van der Waals surface area contributed by atoms with Crippen LogP contribution in [0.15, 0.2) is 79.5 Å². The van der Waals surface area contributed by atoms with Crippen LogP contribution in [0.1, 0.15) is 34.7 Å². The molecule has 0 amide bonds. The third kappa shape index (κ3) is 4.25. The number of nitriles is 2. The molecule has 9 nitrogen and oxygen atoms in total. The average molecular weight is 492 g/mol. The second-order valence-corrected chi connectivity index (χ2v) is 8.81. The Balaban J connectivity index is 1.55. The summed E-state index contributed by atoms with van der Waals surface area (Å²) in [5.41, 5.74) is 4.32. The van der Waals surface area contributed by atoms with E-state index in [0.29, 0.717) is 22.3 Å². The molecule has 3 aromatic heterocycles. The summed E-state index contributed by atoms with van der Waals surface area (Å²) in [4.78, 5) is 11.8. The van der Waals surface area contributed by atoms with Gasteiger partial charge < -0.3 is 4.98 Å². The van der Waals surface area contributed by atoms with Crippen molar-refractivity contribution in [2.24, 2.45) is 0 Å². The van der Waals surface area contributed by atoms with Crippen LogP contribution < -0.4 is 0 Å². The summed E-state index contributed by atoms with van der Waals surface area (Å²) in [5, 5.41) is 23.9. The number of hydrogen-bond acceptors (Lipinski definition) is 7. The summed E-state index contributed by atoms with van der Waals surface area (Å²) < 4.78 is 26.1. The minimum atomic E-state index is -2.53. The van der Waals surface area contributed by atoms with Gasteiger partial charge in [-0.15, -0.1) is 0 Å². The lowest BCUT2D eigenvalue weighted by molar-refractivity contribution is 0.532. The van der Waals surface area contributed by atoms with E-state index in [2.05, 4.69) is 26.1 Å². The standard InChI is InChI=1S/C26H17N7O2S/c27-10-8-23(33-15-21(14-32-33)24-22-9-11-29-26(22)31-16-30-24)19-2-1-3-20(12-19)25(36(34)35)18-6-4-17(13-28)5-7-18/h1-7,9,11-12,14-16,23H,8H2,(H,29,30,31). The molecule has 1 unspecified atom stereocenters. The smallest absolute Gasteiger partial charge is 0.222 e. The highest BCUT2D eigenvalue weighted by Gasteiger charge is 2.19. The van der Waals surface area contributed by atoms with Gasteiger partial charge in [-0.2, -0.15) is 24.0 Å². The number of benzene rings is 2. The van der Waals surface area contributed by atoms with Crippen LogP contribution in [0.5, 0.6) is 0 Å². The van der Waals surface area contributed by atoms with Crippen LogP contribution in [-0.4, -0.2) is 38.0 Å². The van der Waals surface area contributed by atoms with Crippen molar-refractivity contribution >= 4 is 26.2 Å². The first kappa shape index (κ1) is 22.7. The Kier molecular flexibility index (Phi) is 6.10. The average Bonchev–Trinajstić information content (AvgIpc) is 3.58. The van der Waals surface area contributed by atoms with E-state index >= 15 is 0 Å². The van der Waals surface area contributed by atoms with Gasteiger partial charge in [-0.25, -0.2) is 9.97 Å². The normalized spacial score (nSPS) is 11.5. The van der Waals surface area contributed by atoms with Gasteiger partial charge in [-0.05, 0) is 41.0 Å². The molecular formula is C26H17N7O2S. The maximum Gasteiger partial charge on any atom is 0.222 e. The Bertz CT molecular complexity index is 1800. The number of nitrogens with zero attached hydrogens (tertiary/aromatic N) is 6. The molecule has 0 saturated carbocycles. The van der Waals surface area contributed by atoms with Crippen molar-refractivity contribution in [1.29, 1.82) is 10.5 Å². The van der Waals surface area contributed by atoms with E-state index in [-0.39, 0.29) is 11.3 Å². The van der Waals surface area contributed by atoms with E-state index in [4.69, 9.17) is 5.26 Å². The highest BCUT2D eigenvalue weighted by molar-refractivity contribution is 7.74. The van der Waals surface area contributed by atoms with Gasteiger partial charge in [0.2, 0.25) is 10.3 Å². The Hall–Kier alpha value is -5.06. The quantitative estimate of drug-likeness (QED) is 0.282. The van der Waals surface area contributed by atoms with E-state index in [1.165, 1.54) is 6.33 Å². The topological polar surface area (TPSA) is 141 Å². The predicted molar refractivity (Wildman–Crippen MR) is 133 cm³/mol. The second kappa shape index (κ2) is 9.66. The number of nitrogens with one attached hydrogen (secondary N) is 1. The van der Waals surface area contributed by atoms with Crippen molar-refractivity contribution in [3.8, 4) is 23.4 Å². The summed E-state index contributed by atoms with van der Waals surface area (Å²) in [7, 11) is -2.53. The van der Waals surface area contributed by atoms with Gasteiger partial charge >= 0.3 is 0 Å². The highest BCUT2D eigenvalue weighted by Crippen LogP contribution is 2.28. The van der Waals surface area contributed by atoms with Gasteiger partial charge in [0.25, 0.3) is 0 Å². The Morgan fingerprint density at radius 3 is 2.64 bits per heavy atom. The Morgan fingerprint density at radius 2 is 1.89 bits per heavy atom. The molecule has 0 fully saturated rings. The van der Waals surface area contributed by atoms with Crippen molar-refractivity contribution < 1.29 is 8.42 Å². The molecule has 1 N–H and O–H groups in total. The molecule has 0 radical (unpaired) electrons. The van der Waals surface area contributed by atoms with Gasteiger partial charge in [0.05, 0.1) is 42.1 Å². The first-order valence-corrected chi connectivity index (χ1v) is 11.9. The minimum Gasteiger partial charge on any atom is -0.346 e. The SMILES string of the molecule is N#CCC(c1cccc(C(c2ccc(C#N)cc2)=S(=O)=O)c1)n1cc(-c2ncnc3[nH]ccc23)cn1. The number of H-pyrrole nitrogens is 1. The molecule has 1 atom stereocenters. The molecule has 0 saturated heterocycles. The molecule has 2 aromatic carbocycles. The number of aromatic amines is 1. The largest absolute Gasteiger partial charge is 0.346 e. The Morgan fingerprint density at radius 1 is 1.06 bits per heavy atom. The highest BCUT2D eigenvalue weighted by atomic mass is 32.2. The first-order valence-electron chi connectivity index (χ1n) is 10.9. The summed E-state index contributed by atoms with van der Waals surface area (Å²) in [5.74, 6) is 0. The lowest BCUT2D eigenvalue weighted by atomic mass is 9.97. The van der Waals surface area contributed by atoms with E-state index in [1.807, 2.05) is 24.4 Å². The van der Waals surface area contributed by atoms with Gasteiger partial charge in [0, 0.05) is 23.3 Å². The van der Waals surface area contributed by atoms with Crippen molar-refractivity contribution in [2.75, 3.05) is 0 Å². The van der Waals surface area contributed by atoms with E-state index in [9.17, 15) is 13.7 Å². The summed E-state index contributed by atoms with van der Waals surface area (Å²) in [6.45, 7) is 0. The molecule has 174 valence electrons. The third-order valence-electron chi connectivity index (χ3n) is 5.81. The van der Waals surface area contributed by atoms with Crippen LogP contribution in [0.4, 0.5) is 0 Å². The molecular weight excluding hydrogens is 474 g/mol. The van der Waals surface area contributed by atoms with Crippen LogP contribution >= 0.6 is 0 Å². The van der Waals surface area contributed by atoms with Gasteiger partial charge in [0.1, 0.15) is 16.8 Å². The first-order chi connectivity index (χ1) is 17.6. The van der Waals surface area contributed by atoms with E-state index in [1.54, 1.807) is 59.5 Å². The molecule has 0 spiro atoms. The summed E-state index contributed by atoms with van der Waals surface area (Å²) >= 11 is 0. The number of aromatic nitrogens is 5. The number of hydrogen-bond donors (Lipinski definition) is 1. The van der Waals surface area contributed by atoms with E-state index in [0.717, 1.165) is 22.2 Å². The zero-order valence-electron chi connectivity index (χ0n) is 18.7. The number of fused-ring (bicyclic) bond motifs is 1. The van der Waals surface area contributed by atoms with Gasteiger partial charge in [0.15, 0.2) is 0 Å². The van der Waals surface area contributed by atoms with Crippen LogP contribution in [0.3, 0.4) is 0 Å². The molecule has 0 aliphatic heterocycles. The maximum atomic E-state index is 12.2. The predicted octanol–water partition coefficient (Wildman–Crippen LogP) is 3.64. The monoisotopic (exact) mass is 491 g/mol. The van der Waals surface area contributed by atoms with Crippen molar-refractivity contribution in [3.63, 3.8) is 0 Å². The van der Waals surface area contributed by atoms with E-state index < -0.39 is 16.3 Å². The minimum absolute atomic E-state index is 0.106. The lowest BCUT2D eigenvalue weighted by Gasteiger charge is -2.16. The molecule has 36 heavy (non-hydrogen) atoms. The van der Waals surface area contributed by atoms with Crippen molar-refractivity contribution in [1.82, 2.24) is 24.7 Å². The molecule has 0 aliphatic carbocycles. The summed E-state index contributed by atoms with van der Waals surface area (Å²) in [6.07, 6.45) is 6.90. The van der Waals surface area contributed by atoms with Gasteiger partial charge in [-0.3, -0.25) is 4.68 Å². The molecule has 5 rings (SSSR count). The molecule has 10 heteroatoms. The molecule has 3 heterocycles.